The van der Waals surface area contributed by atoms with E-state index in [1.807, 2.05) is 12.1 Å². The van der Waals surface area contributed by atoms with Crippen molar-refractivity contribution in [3.05, 3.63) is 29.8 Å². The standard InChI is InChI=1S/C16H25N3O.ClH/c1-12-7-8-19(16(9-12)10-17)11-14-3-5-15(6-4-14)18-13(2)20;/h3-6,12,16H,7-11,17H2,1-2H3,(H,18,20);1H. The molecule has 0 spiro atoms. The Kier molecular flexibility index (Phi) is 7.15. The van der Waals surface area contributed by atoms with E-state index in [0.717, 1.165) is 31.2 Å². The van der Waals surface area contributed by atoms with Gasteiger partial charge in [-0.25, -0.2) is 0 Å². The van der Waals surface area contributed by atoms with E-state index in [9.17, 15) is 4.79 Å². The number of halogens is 1. The molecule has 1 heterocycles. The van der Waals surface area contributed by atoms with Crippen LogP contribution in [0, 0.1) is 5.92 Å². The van der Waals surface area contributed by atoms with Crippen LogP contribution >= 0.6 is 12.4 Å². The zero-order valence-electron chi connectivity index (χ0n) is 12.8. The van der Waals surface area contributed by atoms with E-state index in [1.165, 1.54) is 25.3 Å². The van der Waals surface area contributed by atoms with Gasteiger partial charge in [-0.3, -0.25) is 9.69 Å². The highest BCUT2D eigenvalue weighted by Gasteiger charge is 2.24. The van der Waals surface area contributed by atoms with Crippen molar-refractivity contribution in [3.63, 3.8) is 0 Å². The van der Waals surface area contributed by atoms with Crippen molar-refractivity contribution in [2.75, 3.05) is 18.4 Å². The number of rotatable bonds is 4. The van der Waals surface area contributed by atoms with Gasteiger partial charge in [0.1, 0.15) is 0 Å². The number of amides is 1. The number of benzene rings is 1. The molecule has 118 valence electrons. The molecule has 0 aromatic heterocycles. The van der Waals surface area contributed by atoms with Crippen molar-refractivity contribution < 1.29 is 4.79 Å². The summed E-state index contributed by atoms with van der Waals surface area (Å²) in [5.74, 6) is 0.743. The second-order valence-corrected chi connectivity index (χ2v) is 5.87. The summed E-state index contributed by atoms with van der Waals surface area (Å²) in [7, 11) is 0. The summed E-state index contributed by atoms with van der Waals surface area (Å²) in [5, 5.41) is 2.79. The summed E-state index contributed by atoms with van der Waals surface area (Å²) in [6, 6.07) is 8.57. The van der Waals surface area contributed by atoms with Crippen LogP contribution in [0.1, 0.15) is 32.3 Å². The smallest absolute Gasteiger partial charge is 0.221 e. The summed E-state index contributed by atoms with van der Waals surface area (Å²) in [4.78, 5) is 13.5. The van der Waals surface area contributed by atoms with E-state index in [0.29, 0.717) is 6.04 Å². The van der Waals surface area contributed by atoms with Gasteiger partial charge >= 0.3 is 0 Å². The third-order valence-corrected chi connectivity index (χ3v) is 4.03. The lowest BCUT2D eigenvalue weighted by atomic mass is 9.92. The Bertz CT molecular complexity index is 449. The highest BCUT2D eigenvalue weighted by atomic mass is 35.5. The summed E-state index contributed by atoms with van der Waals surface area (Å²) >= 11 is 0. The first-order chi connectivity index (χ1) is 9.58. The van der Waals surface area contributed by atoms with Crippen molar-refractivity contribution in [1.29, 1.82) is 0 Å². The van der Waals surface area contributed by atoms with Gasteiger partial charge in [0.2, 0.25) is 5.91 Å². The predicted octanol–water partition coefficient (Wildman–Crippen LogP) is 2.63. The lowest BCUT2D eigenvalue weighted by Crippen LogP contribution is -2.45. The minimum Gasteiger partial charge on any atom is -0.329 e. The lowest BCUT2D eigenvalue weighted by molar-refractivity contribution is -0.114. The first-order valence-corrected chi connectivity index (χ1v) is 7.39. The van der Waals surface area contributed by atoms with Crippen LogP contribution in [0.4, 0.5) is 5.69 Å². The van der Waals surface area contributed by atoms with E-state index in [4.69, 9.17) is 5.73 Å². The van der Waals surface area contributed by atoms with E-state index >= 15 is 0 Å². The third kappa shape index (κ3) is 5.30. The van der Waals surface area contributed by atoms with Crippen LogP contribution in [-0.2, 0) is 11.3 Å². The number of hydrogen-bond acceptors (Lipinski definition) is 3. The molecule has 2 atom stereocenters. The Morgan fingerprint density at radius 3 is 2.62 bits per heavy atom. The number of nitrogens with two attached hydrogens (primary N) is 1. The number of carbonyl (C=O) groups is 1. The topological polar surface area (TPSA) is 58.4 Å². The van der Waals surface area contributed by atoms with Crippen LogP contribution in [0.5, 0.6) is 0 Å². The third-order valence-electron chi connectivity index (χ3n) is 4.03. The second-order valence-electron chi connectivity index (χ2n) is 5.87. The van der Waals surface area contributed by atoms with Crippen LogP contribution in [-0.4, -0.2) is 29.9 Å². The van der Waals surface area contributed by atoms with E-state index in [1.54, 1.807) is 0 Å². The van der Waals surface area contributed by atoms with Gasteiger partial charge in [0.25, 0.3) is 0 Å². The fraction of sp³-hybridized carbons (Fsp3) is 0.562. The van der Waals surface area contributed by atoms with Gasteiger partial charge in [-0.15, -0.1) is 12.4 Å². The SMILES string of the molecule is CC(=O)Nc1ccc(CN2CCC(C)CC2CN)cc1.Cl. The first kappa shape index (κ1) is 18.0. The van der Waals surface area contributed by atoms with Gasteiger partial charge in [-0.05, 0) is 43.0 Å². The molecule has 1 aromatic carbocycles. The average molecular weight is 312 g/mol. The molecule has 1 aliphatic heterocycles. The lowest BCUT2D eigenvalue weighted by Gasteiger charge is -2.38. The minimum absolute atomic E-state index is 0. The Morgan fingerprint density at radius 1 is 1.38 bits per heavy atom. The number of nitrogens with zero attached hydrogens (tertiary/aromatic N) is 1. The van der Waals surface area contributed by atoms with Crippen molar-refractivity contribution in [2.24, 2.45) is 11.7 Å². The highest BCUT2D eigenvalue weighted by Crippen LogP contribution is 2.24. The molecular weight excluding hydrogens is 286 g/mol. The fourth-order valence-electron chi connectivity index (χ4n) is 2.88. The minimum atomic E-state index is -0.0361. The maximum atomic E-state index is 11.0. The molecule has 21 heavy (non-hydrogen) atoms. The molecule has 1 amide bonds. The summed E-state index contributed by atoms with van der Waals surface area (Å²) in [5.41, 5.74) is 8.02. The molecule has 0 aliphatic carbocycles. The van der Waals surface area contributed by atoms with E-state index in [-0.39, 0.29) is 18.3 Å². The van der Waals surface area contributed by atoms with Gasteiger partial charge in [0.05, 0.1) is 0 Å². The molecule has 4 nitrogen and oxygen atoms in total. The second kappa shape index (κ2) is 8.37. The molecule has 3 N–H and O–H groups in total. The average Bonchev–Trinajstić information content (AvgIpc) is 2.42. The molecule has 2 unspecified atom stereocenters. The largest absolute Gasteiger partial charge is 0.329 e. The van der Waals surface area contributed by atoms with Gasteiger partial charge in [-0.1, -0.05) is 19.1 Å². The number of nitrogens with one attached hydrogen (secondary N) is 1. The zero-order valence-corrected chi connectivity index (χ0v) is 13.7. The molecule has 1 aromatic rings. The maximum Gasteiger partial charge on any atom is 0.221 e. The quantitative estimate of drug-likeness (QED) is 0.898. The Morgan fingerprint density at radius 2 is 2.05 bits per heavy atom. The molecule has 2 rings (SSSR count). The van der Waals surface area contributed by atoms with Crippen LogP contribution in [0.25, 0.3) is 0 Å². The number of likely N-dealkylation sites (tertiary alicyclic amines) is 1. The molecule has 1 saturated heterocycles. The van der Waals surface area contributed by atoms with Crippen LogP contribution < -0.4 is 11.1 Å². The van der Waals surface area contributed by atoms with E-state index in [2.05, 4.69) is 29.3 Å². The van der Waals surface area contributed by atoms with Gasteiger partial charge < -0.3 is 11.1 Å². The molecule has 0 saturated carbocycles. The summed E-state index contributed by atoms with van der Waals surface area (Å²) < 4.78 is 0. The monoisotopic (exact) mass is 311 g/mol. The Balaban J connectivity index is 0.00000220. The predicted molar refractivity (Wildman–Crippen MR) is 89.6 cm³/mol. The Labute approximate surface area is 133 Å². The molecular formula is C16H26ClN3O. The van der Waals surface area contributed by atoms with Crippen LogP contribution in [0.2, 0.25) is 0 Å². The number of piperidine rings is 1. The number of hydrogen-bond donors (Lipinski definition) is 2. The van der Waals surface area contributed by atoms with Crippen LogP contribution in [0.15, 0.2) is 24.3 Å². The molecule has 1 fully saturated rings. The highest BCUT2D eigenvalue weighted by molar-refractivity contribution is 5.88. The number of carbonyl (C=O) groups excluding carboxylic acids is 1. The molecule has 1 aliphatic rings. The molecule has 0 radical (unpaired) electrons. The van der Waals surface area contributed by atoms with E-state index < -0.39 is 0 Å². The van der Waals surface area contributed by atoms with Gasteiger partial charge in [0, 0.05) is 31.7 Å². The maximum absolute atomic E-state index is 11.0. The van der Waals surface area contributed by atoms with Gasteiger partial charge in [-0.2, -0.15) is 0 Å². The van der Waals surface area contributed by atoms with Crippen LogP contribution in [0.3, 0.4) is 0 Å². The van der Waals surface area contributed by atoms with Crippen molar-refractivity contribution in [2.45, 2.75) is 39.3 Å². The fourth-order valence-corrected chi connectivity index (χ4v) is 2.88. The normalized spacial score (nSPS) is 22.4. The molecule has 0 bridgehead atoms. The van der Waals surface area contributed by atoms with Crippen molar-refractivity contribution in [3.8, 4) is 0 Å². The Hall–Kier alpha value is -1.10. The number of anilines is 1. The molecule has 5 heteroatoms. The first-order valence-electron chi connectivity index (χ1n) is 7.39. The van der Waals surface area contributed by atoms with Gasteiger partial charge in [0.15, 0.2) is 0 Å². The van der Waals surface area contributed by atoms with Crippen molar-refractivity contribution >= 4 is 24.0 Å². The zero-order chi connectivity index (χ0) is 14.5. The summed E-state index contributed by atoms with van der Waals surface area (Å²) in [6.07, 6.45) is 2.45. The van der Waals surface area contributed by atoms with Crippen molar-refractivity contribution in [1.82, 2.24) is 4.90 Å². The summed E-state index contributed by atoms with van der Waals surface area (Å²) in [6.45, 7) is 6.62.